The molecule has 4 nitrogen and oxygen atoms in total. The van der Waals surface area contributed by atoms with E-state index in [0.717, 1.165) is 17.7 Å². The Morgan fingerprint density at radius 3 is 2.59 bits per heavy atom. The van der Waals surface area contributed by atoms with Gasteiger partial charge in [-0.1, -0.05) is 12.1 Å². The number of halogens is 3. The number of carbonyl (C=O) groups is 2. The minimum Gasteiger partial charge on any atom is -0.493 e. The van der Waals surface area contributed by atoms with Crippen molar-refractivity contribution < 1.29 is 32.6 Å². The van der Waals surface area contributed by atoms with Crippen molar-refractivity contribution in [1.82, 2.24) is 0 Å². The molecule has 7 heteroatoms. The van der Waals surface area contributed by atoms with E-state index >= 15 is 0 Å². The Morgan fingerprint density at radius 1 is 1.11 bits per heavy atom. The Kier molecular flexibility index (Phi) is 5.21. The van der Waals surface area contributed by atoms with Gasteiger partial charge in [-0.3, -0.25) is 9.59 Å². The van der Waals surface area contributed by atoms with E-state index in [1.54, 1.807) is 18.2 Å². The molecule has 0 fully saturated rings. The Labute approximate surface area is 153 Å². The number of hydrogen-bond donors (Lipinski definition) is 1. The number of Topliss-reactive ketones (excluding diaryl/α,β-unsaturated/α-hetero) is 1. The van der Waals surface area contributed by atoms with Crippen LogP contribution in [0.3, 0.4) is 0 Å². The van der Waals surface area contributed by atoms with Crippen LogP contribution in [0.1, 0.15) is 40.7 Å². The Bertz CT molecular complexity index is 887. The maximum atomic E-state index is 13.0. The van der Waals surface area contributed by atoms with Gasteiger partial charge in [0.1, 0.15) is 5.75 Å². The summed E-state index contributed by atoms with van der Waals surface area (Å²) < 4.78 is 44.8. The van der Waals surface area contributed by atoms with Crippen LogP contribution < -0.4 is 4.74 Å². The molecule has 3 rings (SSSR count). The summed E-state index contributed by atoms with van der Waals surface area (Å²) >= 11 is 0. The number of fused-ring (bicyclic) bond motifs is 1. The number of hydrogen-bond acceptors (Lipinski definition) is 3. The average molecular weight is 378 g/mol. The predicted octanol–water partition coefficient (Wildman–Crippen LogP) is 4.74. The third kappa shape index (κ3) is 4.30. The van der Waals surface area contributed by atoms with Gasteiger partial charge in [0, 0.05) is 24.0 Å². The lowest BCUT2D eigenvalue weighted by Crippen LogP contribution is -2.06. The van der Waals surface area contributed by atoms with Gasteiger partial charge < -0.3 is 9.84 Å². The van der Waals surface area contributed by atoms with Gasteiger partial charge in [0.2, 0.25) is 0 Å². The van der Waals surface area contributed by atoms with Crippen LogP contribution in [0.4, 0.5) is 13.2 Å². The molecule has 0 heterocycles. The van der Waals surface area contributed by atoms with Gasteiger partial charge in [0.05, 0.1) is 12.2 Å². The van der Waals surface area contributed by atoms with Gasteiger partial charge in [0.15, 0.2) is 5.78 Å². The second-order valence-electron chi connectivity index (χ2n) is 6.35. The Balaban J connectivity index is 1.98. The Morgan fingerprint density at radius 2 is 1.89 bits per heavy atom. The van der Waals surface area contributed by atoms with Crippen molar-refractivity contribution in [2.75, 3.05) is 6.61 Å². The number of benzene rings is 2. The zero-order chi connectivity index (χ0) is 19.6. The first-order valence-electron chi connectivity index (χ1n) is 8.48. The van der Waals surface area contributed by atoms with Crippen LogP contribution in [0.25, 0.3) is 11.1 Å². The fraction of sp³-hybridized carbons (Fsp3) is 0.300. The molecule has 27 heavy (non-hydrogen) atoms. The molecule has 1 aliphatic rings. The molecule has 0 unspecified atom stereocenters. The highest BCUT2D eigenvalue weighted by Crippen LogP contribution is 2.39. The highest BCUT2D eigenvalue weighted by molar-refractivity contribution is 6.01. The molecule has 1 aliphatic carbocycles. The molecule has 2 aromatic rings. The third-order valence-corrected chi connectivity index (χ3v) is 4.42. The van der Waals surface area contributed by atoms with E-state index < -0.39 is 17.7 Å². The van der Waals surface area contributed by atoms with Crippen LogP contribution in [0.15, 0.2) is 36.4 Å². The summed E-state index contributed by atoms with van der Waals surface area (Å²) in [5.74, 6) is -0.703. The number of aliphatic carboxylic acids is 1. The van der Waals surface area contributed by atoms with Crippen molar-refractivity contribution >= 4 is 11.8 Å². The SMILES string of the molecule is O=C(O)CCCOc1cc2c(cc1-c1cccc(C(F)(F)F)c1)CCC2=O. The van der Waals surface area contributed by atoms with Crippen molar-refractivity contribution in [3.05, 3.63) is 53.1 Å². The van der Waals surface area contributed by atoms with Crippen molar-refractivity contribution in [3.8, 4) is 16.9 Å². The normalized spacial score (nSPS) is 13.5. The smallest absolute Gasteiger partial charge is 0.416 e. The predicted molar refractivity (Wildman–Crippen MR) is 91.9 cm³/mol. The van der Waals surface area contributed by atoms with E-state index in [0.29, 0.717) is 29.5 Å². The lowest BCUT2D eigenvalue weighted by molar-refractivity contribution is -0.138. The third-order valence-electron chi connectivity index (χ3n) is 4.42. The standard InChI is InChI=1S/C20H17F3O4/c21-20(22,23)14-4-1-3-12(9-14)16-10-13-6-7-17(24)15(13)11-18(16)27-8-2-5-19(25)26/h1,3-4,9-11H,2,5-8H2,(H,25,26). The number of ether oxygens (including phenoxy) is 1. The lowest BCUT2D eigenvalue weighted by Gasteiger charge is -2.15. The molecule has 0 radical (unpaired) electrons. The summed E-state index contributed by atoms with van der Waals surface area (Å²) in [5, 5.41) is 8.70. The highest BCUT2D eigenvalue weighted by Gasteiger charge is 2.31. The van der Waals surface area contributed by atoms with Gasteiger partial charge in [-0.2, -0.15) is 13.2 Å². The summed E-state index contributed by atoms with van der Waals surface area (Å²) in [6.07, 6.45) is -3.39. The number of aryl methyl sites for hydroxylation is 1. The van der Waals surface area contributed by atoms with Crippen LogP contribution in [0, 0.1) is 0 Å². The first kappa shape index (κ1) is 18.9. The Hall–Kier alpha value is -2.83. The molecule has 142 valence electrons. The van der Waals surface area contributed by atoms with Gasteiger partial charge in [-0.05, 0) is 48.2 Å². The van der Waals surface area contributed by atoms with Crippen LogP contribution in [-0.4, -0.2) is 23.5 Å². The quantitative estimate of drug-likeness (QED) is 0.737. The molecule has 0 atom stereocenters. The van der Waals surface area contributed by atoms with Crippen molar-refractivity contribution in [2.45, 2.75) is 31.9 Å². The van der Waals surface area contributed by atoms with Gasteiger partial charge in [-0.25, -0.2) is 0 Å². The number of ketones is 1. The minimum absolute atomic E-state index is 0.0315. The minimum atomic E-state index is -4.47. The fourth-order valence-electron chi connectivity index (χ4n) is 3.09. The first-order valence-corrected chi connectivity index (χ1v) is 8.48. The van der Waals surface area contributed by atoms with Gasteiger partial charge in [0.25, 0.3) is 0 Å². The molecular formula is C20H17F3O4. The second kappa shape index (κ2) is 7.42. The first-order chi connectivity index (χ1) is 12.8. The molecule has 0 spiro atoms. The highest BCUT2D eigenvalue weighted by atomic mass is 19.4. The van der Waals surface area contributed by atoms with Crippen LogP contribution >= 0.6 is 0 Å². The van der Waals surface area contributed by atoms with E-state index in [9.17, 15) is 22.8 Å². The average Bonchev–Trinajstić information content (AvgIpc) is 2.97. The van der Waals surface area contributed by atoms with Crippen LogP contribution in [0.5, 0.6) is 5.75 Å². The molecule has 0 saturated heterocycles. The maximum absolute atomic E-state index is 13.0. The number of rotatable bonds is 6. The number of alkyl halides is 3. The summed E-state index contributed by atoms with van der Waals surface area (Å²) in [7, 11) is 0. The lowest BCUT2D eigenvalue weighted by atomic mass is 9.97. The number of carboxylic acids is 1. The fourth-order valence-corrected chi connectivity index (χ4v) is 3.09. The van der Waals surface area contributed by atoms with Gasteiger partial charge in [-0.15, -0.1) is 0 Å². The van der Waals surface area contributed by atoms with Crippen molar-refractivity contribution in [3.63, 3.8) is 0 Å². The largest absolute Gasteiger partial charge is 0.493 e. The van der Waals surface area contributed by atoms with E-state index in [4.69, 9.17) is 9.84 Å². The molecule has 0 aromatic heterocycles. The molecule has 0 saturated carbocycles. The van der Waals surface area contributed by atoms with E-state index in [1.807, 2.05) is 0 Å². The van der Waals surface area contributed by atoms with E-state index in [1.165, 1.54) is 6.07 Å². The monoisotopic (exact) mass is 378 g/mol. The summed E-state index contributed by atoms with van der Waals surface area (Å²) in [6.45, 7) is 0.0885. The number of carboxylic acid groups (broad SMARTS) is 1. The van der Waals surface area contributed by atoms with Gasteiger partial charge >= 0.3 is 12.1 Å². The molecule has 0 bridgehead atoms. The summed E-state index contributed by atoms with van der Waals surface area (Å²) in [5.41, 5.74) is 1.32. The second-order valence-corrected chi connectivity index (χ2v) is 6.35. The molecular weight excluding hydrogens is 361 g/mol. The van der Waals surface area contributed by atoms with Crippen molar-refractivity contribution in [1.29, 1.82) is 0 Å². The molecule has 0 aliphatic heterocycles. The molecule has 2 aromatic carbocycles. The maximum Gasteiger partial charge on any atom is 0.416 e. The molecule has 0 amide bonds. The summed E-state index contributed by atoms with van der Waals surface area (Å²) in [6, 6.07) is 8.17. The number of carbonyl (C=O) groups excluding carboxylic acids is 1. The van der Waals surface area contributed by atoms with Crippen LogP contribution in [0.2, 0.25) is 0 Å². The van der Waals surface area contributed by atoms with Crippen LogP contribution in [-0.2, 0) is 17.4 Å². The van der Waals surface area contributed by atoms with Crippen molar-refractivity contribution in [2.24, 2.45) is 0 Å². The summed E-state index contributed by atoms with van der Waals surface area (Å²) in [4.78, 5) is 22.6. The zero-order valence-electron chi connectivity index (χ0n) is 14.3. The zero-order valence-corrected chi connectivity index (χ0v) is 14.3. The molecule has 1 N–H and O–H groups in total. The van der Waals surface area contributed by atoms with E-state index in [-0.39, 0.29) is 31.0 Å². The van der Waals surface area contributed by atoms with E-state index in [2.05, 4.69) is 0 Å². The topological polar surface area (TPSA) is 63.6 Å².